The van der Waals surface area contributed by atoms with E-state index in [1.165, 1.54) is 56.1 Å². The third-order valence-corrected chi connectivity index (χ3v) is 3.49. The van der Waals surface area contributed by atoms with Gasteiger partial charge in [-0.05, 0) is 36.8 Å². The standard InChI is InChI=1S/C17H28/c1-15(2)11-7-5-4-6-8-13-17-14-10-9-12-16(17)3/h9-10,12,14-15H,4-8,11,13H2,1-3H3. The van der Waals surface area contributed by atoms with Gasteiger partial charge in [0, 0.05) is 0 Å². The van der Waals surface area contributed by atoms with Crippen LogP contribution in [0.25, 0.3) is 0 Å². The normalized spacial score (nSPS) is 11.1. The molecule has 0 aliphatic heterocycles. The van der Waals surface area contributed by atoms with Gasteiger partial charge in [-0.2, -0.15) is 0 Å². The molecule has 0 nitrogen and oxygen atoms in total. The van der Waals surface area contributed by atoms with Gasteiger partial charge in [-0.25, -0.2) is 0 Å². The maximum Gasteiger partial charge on any atom is -0.0276 e. The monoisotopic (exact) mass is 232 g/mol. The Balaban J connectivity index is 2.03. The van der Waals surface area contributed by atoms with Gasteiger partial charge in [-0.1, -0.05) is 70.2 Å². The van der Waals surface area contributed by atoms with Crippen molar-refractivity contribution in [1.29, 1.82) is 0 Å². The van der Waals surface area contributed by atoms with E-state index < -0.39 is 0 Å². The third kappa shape index (κ3) is 6.51. The van der Waals surface area contributed by atoms with E-state index in [2.05, 4.69) is 45.0 Å². The highest BCUT2D eigenvalue weighted by Crippen LogP contribution is 2.14. The summed E-state index contributed by atoms with van der Waals surface area (Å²) in [6.07, 6.45) is 9.67. The van der Waals surface area contributed by atoms with Gasteiger partial charge in [0.15, 0.2) is 0 Å². The first-order chi connectivity index (χ1) is 8.20. The molecule has 0 bridgehead atoms. The number of hydrogen-bond donors (Lipinski definition) is 0. The van der Waals surface area contributed by atoms with Gasteiger partial charge in [-0.3, -0.25) is 0 Å². The lowest BCUT2D eigenvalue weighted by Crippen LogP contribution is -1.90. The summed E-state index contributed by atoms with van der Waals surface area (Å²) in [5.74, 6) is 0.877. The average molecular weight is 232 g/mol. The summed E-state index contributed by atoms with van der Waals surface area (Å²) in [4.78, 5) is 0. The minimum atomic E-state index is 0.877. The minimum absolute atomic E-state index is 0.877. The molecule has 0 heterocycles. The van der Waals surface area contributed by atoms with E-state index in [0.29, 0.717) is 0 Å². The largest absolute Gasteiger partial charge is 0.0628 e. The van der Waals surface area contributed by atoms with Crippen LogP contribution in [-0.2, 0) is 6.42 Å². The fourth-order valence-corrected chi connectivity index (χ4v) is 2.29. The van der Waals surface area contributed by atoms with Crippen LogP contribution in [0.15, 0.2) is 24.3 Å². The number of hydrogen-bond acceptors (Lipinski definition) is 0. The van der Waals surface area contributed by atoms with Gasteiger partial charge >= 0.3 is 0 Å². The van der Waals surface area contributed by atoms with E-state index in [1.54, 1.807) is 0 Å². The molecule has 0 N–H and O–H groups in total. The molecule has 1 aromatic carbocycles. The fourth-order valence-electron chi connectivity index (χ4n) is 2.29. The first kappa shape index (κ1) is 14.3. The lowest BCUT2D eigenvalue weighted by molar-refractivity contribution is 0.515. The van der Waals surface area contributed by atoms with Crippen molar-refractivity contribution in [3.8, 4) is 0 Å². The summed E-state index contributed by atoms with van der Waals surface area (Å²) < 4.78 is 0. The third-order valence-electron chi connectivity index (χ3n) is 3.49. The predicted molar refractivity (Wildman–Crippen MR) is 77.4 cm³/mol. The van der Waals surface area contributed by atoms with Crippen LogP contribution < -0.4 is 0 Å². The highest BCUT2D eigenvalue weighted by molar-refractivity contribution is 5.25. The van der Waals surface area contributed by atoms with Crippen molar-refractivity contribution in [3.63, 3.8) is 0 Å². The quantitative estimate of drug-likeness (QED) is 0.517. The molecular formula is C17H28. The van der Waals surface area contributed by atoms with E-state index in [9.17, 15) is 0 Å². The molecule has 0 radical (unpaired) electrons. The summed E-state index contributed by atoms with van der Waals surface area (Å²) in [7, 11) is 0. The molecule has 0 saturated carbocycles. The molecule has 0 unspecified atom stereocenters. The van der Waals surface area contributed by atoms with Crippen molar-refractivity contribution in [1.82, 2.24) is 0 Å². The number of benzene rings is 1. The van der Waals surface area contributed by atoms with Crippen LogP contribution in [0.2, 0.25) is 0 Å². The summed E-state index contributed by atoms with van der Waals surface area (Å²) in [6.45, 7) is 6.86. The zero-order chi connectivity index (χ0) is 12.5. The first-order valence-electron chi connectivity index (χ1n) is 7.24. The molecule has 0 atom stereocenters. The highest BCUT2D eigenvalue weighted by atomic mass is 14.0. The summed E-state index contributed by atoms with van der Waals surface area (Å²) in [5.41, 5.74) is 2.99. The zero-order valence-electron chi connectivity index (χ0n) is 11.8. The molecule has 0 saturated heterocycles. The second-order valence-electron chi connectivity index (χ2n) is 5.63. The van der Waals surface area contributed by atoms with Crippen molar-refractivity contribution in [2.24, 2.45) is 5.92 Å². The van der Waals surface area contributed by atoms with E-state index in [-0.39, 0.29) is 0 Å². The van der Waals surface area contributed by atoms with Gasteiger partial charge in [0.25, 0.3) is 0 Å². The van der Waals surface area contributed by atoms with E-state index in [4.69, 9.17) is 0 Å². The van der Waals surface area contributed by atoms with Crippen LogP contribution in [0.5, 0.6) is 0 Å². The van der Waals surface area contributed by atoms with Crippen LogP contribution in [-0.4, -0.2) is 0 Å². The SMILES string of the molecule is Cc1ccccc1CCCCCCCC(C)C. The molecule has 0 aromatic heterocycles. The van der Waals surface area contributed by atoms with Crippen molar-refractivity contribution in [2.45, 2.75) is 65.7 Å². The Hall–Kier alpha value is -0.780. The van der Waals surface area contributed by atoms with Crippen LogP contribution in [0.4, 0.5) is 0 Å². The average Bonchev–Trinajstić information content (AvgIpc) is 2.30. The fraction of sp³-hybridized carbons (Fsp3) is 0.647. The molecule has 0 amide bonds. The maximum atomic E-state index is 2.32. The van der Waals surface area contributed by atoms with Crippen molar-refractivity contribution in [3.05, 3.63) is 35.4 Å². The van der Waals surface area contributed by atoms with Crippen LogP contribution >= 0.6 is 0 Å². The van der Waals surface area contributed by atoms with Crippen molar-refractivity contribution in [2.75, 3.05) is 0 Å². The zero-order valence-corrected chi connectivity index (χ0v) is 11.8. The molecular weight excluding hydrogens is 204 g/mol. The molecule has 0 fully saturated rings. The summed E-state index contributed by atoms with van der Waals surface area (Å²) in [6, 6.07) is 8.78. The number of rotatable bonds is 8. The van der Waals surface area contributed by atoms with Gasteiger partial charge in [0.2, 0.25) is 0 Å². The lowest BCUT2D eigenvalue weighted by atomic mass is 10.0. The van der Waals surface area contributed by atoms with Gasteiger partial charge < -0.3 is 0 Å². The van der Waals surface area contributed by atoms with Crippen LogP contribution in [0, 0.1) is 12.8 Å². The lowest BCUT2D eigenvalue weighted by Gasteiger charge is -2.06. The Kier molecular flexibility index (Phi) is 7.00. The minimum Gasteiger partial charge on any atom is -0.0628 e. The molecule has 0 aliphatic rings. The van der Waals surface area contributed by atoms with Crippen LogP contribution in [0.1, 0.15) is 63.5 Å². The second kappa shape index (κ2) is 8.33. The molecule has 1 rings (SSSR count). The Labute approximate surface area is 107 Å². The molecule has 17 heavy (non-hydrogen) atoms. The van der Waals surface area contributed by atoms with E-state index in [1.807, 2.05) is 0 Å². The smallest absolute Gasteiger partial charge is 0.0276 e. The molecule has 0 spiro atoms. The second-order valence-corrected chi connectivity index (χ2v) is 5.63. The summed E-state index contributed by atoms with van der Waals surface area (Å²) >= 11 is 0. The predicted octanol–water partition coefficient (Wildman–Crippen LogP) is 5.53. The summed E-state index contributed by atoms with van der Waals surface area (Å²) in [5, 5.41) is 0. The topological polar surface area (TPSA) is 0 Å². The Morgan fingerprint density at radius 1 is 0.882 bits per heavy atom. The Morgan fingerprint density at radius 3 is 2.24 bits per heavy atom. The van der Waals surface area contributed by atoms with E-state index in [0.717, 1.165) is 5.92 Å². The van der Waals surface area contributed by atoms with Crippen LogP contribution in [0.3, 0.4) is 0 Å². The maximum absolute atomic E-state index is 2.32. The van der Waals surface area contributed by atoms with Crippen molar-refractivity contribution >= 4 is 0 Å². The highest BCUT2D eigenvalue weighted by Gasteiger charge is 1.98. The first-order valence-corrected chi connectivity index (χ1v) is 7.24. The number of unbranched alkanes of at least 4 members (excludes halogenated alkanes) is 4. The molecule has 96 valence electrons. The Bertz CT molecular complexity index is 299. The van der Waals surface area contributed by atoms with Gasteiger partial charge in [0.05, 0.1) is 0 Å². The molecule has 0 aliphatic carbocycles. The van der Waals surface area contributed by atoms with Gasteiger partial charge in [0.1, 0.15) is 0 Å². The Morgan fingerprint density at radius 2 is 1.53 bits per heavy atom. The van der Waals surface area contributed by atoms with Crippen molar-refractivity contribution < 1.29 is 0 Å². The molecule has 1 aromatic rings. The number of aryl methyl sites for hydroxylation is 2. The molecule has 0 heteroatoms. The van der Waals surface area contributed by atoms with E-state index >= 15 is 0 Å². The van der Waals surface area contributed by atoms with Gasteiger partial charge in [-0.15, -0.1) is 0 Å².